The quantitative estimate of drug-likeness (QED) is 0.718. The highest BCUT2D eigenvalue weighted by atomic mass is 16.5. The highest BCUT2D eigenvalue weighted by Crippen LogP contribution is 2.26. The summed E-state index contributed by atoms with van der Waals surface area (Å²) < 4.78 is 11.3. The van der Waals surface area contributed by atoms with E-state index in [-0.39, 0.29) is 5.92 Å². The van der Waals surface area contributed by atoms with Crippen molar-refractivity contribution in [3.8, 4) is 11.5 Å². The van der Waals surface area contributed by atoms with Gasteiger partial charge >= 0.3 is 5.97 Å². The summed E-state index contributed by atoms with van der Waals surface area (Å²) >= 11 is 0. The molecule has 5 nitrogen and oxygen atoms in total. The van der Waals surface area contributed by atoms with E-state index in [2.05, 4.69) is 4.90 Å². The molecule has 1 aromatic rings. The zero-order valence-corrected chi connectivity index (χ0v) is 13.0. The Morgan fingerprint density at radius 3 is 2.38 bits per heavy atom. The summed E-state index contributed by atoms with van der Waals surface area (Å²) in [5.41, 5.74) is 0. The maximum Gasteiger partial charge on any atom is 0.307 e. The van der Waals surface area contributed by atoms with Crippen LogP contribution in [0.25, 0.3) is 0 Å². The lowest BCUT2D eigenvalue weighted by molar-refractivity contribution is -0.141. The first-order valence-corrected chi connectivity index (χ1v) is 7.38. The van der Waals surface area contributed by atoms with Gasteiger partial charge in [0, 0.05) is 13.1 Å². The summed E-state index contributed by atoms with van der Waals surface area (Å²) in [6, 6.07) is 7.57. The standard InChI is InChI=1S/C16H25NO4/c1-4-17(12-13(3)16(18)19)10-11-21-15-9-7-6-8-14(15)20-5-2/h6-9,13H,4-5,10-12H2,1-3H3,(H,18,19). The number of aliphatic carboxylic acids is 1. The molecule has 1 unspecified atom stereocenters. The lowest BCUT2D eigenvalue weighted by Gasteiger charge is -2.22. The normalized spacial score (nSPS) is 12.2. The van der Waals surface area contributed by atoms with E-state index in [4.69, 9.17) is 14.6 Å². The van der Waals surface area contributed by atoms with Crippen LogP contribution in [0.1, 0.15) is 20.8 Å². The zero-order chi connectivity index (χ0) is 15.7. The Morgan fingerprint density at radius 2 is 1.86 bits per heavy atom. The van der Waals surface area contributed by atoms with Crippen molar-refractivity contribution in [1.82, 2.24) is 4.90 Å². The number of para-hydroxylation sites is 2. The van der Waals surface area contributed by atoms with E-state index >= 15 is 0 Å². The van der Waals surface area contributed by atoms with E-state index in [1.165, 1.54) is 0 Å². The molecule has 0 bridgehead atoms. The van der Waals surface area contributed by atoms with Gasteiger partial charge in [-0.25, -0.2) is 0 Å². The van der Waals surface area contributed by atoms with Crippen LogP contribution in [-0.2, 0) is 4.79 Å². The van der Waals surface area contributed by atoms with E-state index in [0.717, 1.165) is 18.0 Å². The van der Waals surface area contributed by atoms with Crippen molar-refractivity contribution in [2.75, 3.05) is 32.8 Å². The zero-order valence-electron chi connectivity index (χ0n) is 13.0. The molecule has 5 heteroatoms. The molecule has 0 saturated carbocycles. The van der Waals surface area contributed by atoms with Crippen molar-refractivity contribution in [2.45, 2.75) is 20.8 Å². The maximum absolute atomic E-state index is 10.9. The molecule has 0 spiro atoms. The number of carbonyl (C=O) groups is 1. The lowest BCUT2D eigenvalue weighted by Crippen LogP contribution is -2.34. The molecule has 0 fully saturated rings. The van der Waals surface area contributed by atoms with Gasteiger partial charge in [-0.2, -0.15) is 0 Å². The van der Waals surface area contributed by atoms with Gasteiger partial charge in [-0.05, 0) is 25.6 Å². The molecule has 1 N–H and O–H groups in total. The first-order chi connectivity index (χ1) is 10.1. The van der Waals surface area contributed by atoms with Crippen molar-refractivity contribution in [1.29, 1.82) is 0 Å². The number of hydrogen-bond donors (Lipinski definition) is 1. The van der Waals surface area contributed by atoms with Crippen LogP contribution in [-0.4, -0.2) is 48.8 Å². The van der Waals surface area contributed by atoms with Crippen LogP contribution in [0.15, 0.2) is 24.3 Å². The van der Waals surface area contributed by atoms with Crippen molar-refractivity contribution >= 4 is 5.97 Å². The van der Waals surface area contributed by atoms with E-state index in [0.29, 0.717) is 26.3 Å². The molecule has 0 aliphatic carbocycles. The van der Waals surface area contributed by atoms with E-state index in [9.17, 15) is 4.79 Å². The highest BCUT2D eigenvalue weighted by Gasteiger charge is 2.15. The summed E-state index contributed by atoms with van der Waals surface area (Å²) in [5.74, 6) is 0.320. The fourth-order valence-electron chi connectivity index (χ4n) is 1.97. The minimum absolute atomic E-state index is 0.374. The van der Waals surface area contributed by atoms with Gasteiger partial charge in [-0.1, -0.05) is 26.0 Å². The Bertz CT molecular complexity index is 436. The third kappa shape index (κ3) is 6.04. The number of nitrogens with zero attached hydrogens (tertiary/aromatic N) is 1. The first kappa shape index (κ1) is 17.3. The van der Waals surface area contributed by atoms with Crippen LogP contribution in [0.2, 0.25) is 0 Å². The Balaban J connectivity index is 2.46. The summed E-state index contributed by atoms with van der Waals surface area (Å²) in [6.45, 7) is 8.79. The summed E-state index contributed by atoms with van der Waals surface area (Å²) in [5, 5.41) is 8.95. The molecular weight excluding hydrogens is 270 g/mol. The average molecular weight is 295 g/mol. The van der Waals surface area contributed by atoms with Crippen molar-refractivity contribution < 1.29 is 19.4 Å². The second kappa shape index (κ2) is 9.23. The topological polar surface area (TPSA) is 59.0 Å². The van der Waals surface area contributed by atoms with Gasteiger partial charge < -0.3 is 14.6 Å². The molecule has 21 heavy (non-hydrogen) atoms. The number of likely N-dealkylation sites (N-methyl/N-ethyl adjacent to an activating group) is 1. The summed E-state index contributed by atoms with van der Waals surface area (Å²) in [4.78, 5) is 13.0. The second-order valence-electron chi connectivity index (χ2n) is 4.86. The first-order valence-electron chi connectivity index (χ1n) is 7.38. The molecule has 0 aromatic heterocycles. The van der Waals surface area contributed by atoms with Crippen LogP contribution >= 0.6 is 0 Å². The van der Waals surface area contributed by atoms with Crippen molar-refractivity contribution in [3.05, 3.63) is 24.3 Å². The Morgan fingerprint density at radius 1 is 1.24 bits per heavy atom. The van der Waals surface area contributed by atoms with Gasteiger partial charge in [0.05, 0.1) is 12.5 Å². The van der Waals surface area contributed by atoms with Crippen molar-refractivity contribution in [3.63, 3.8) is 0 Å². The SMILES string of the molecule is CCOc1ccccc1OCCN(CC)CC(C)C(=O)O. The number of rotatable bonds is 10. The predicted octanol–water partition coefficient (Wildman–Crippen LogP) is 2.51. The number of carboxylic acids is 1. The fraction of sp³-hybridized carbons (Fsp3) is 0.562. The molecular formula is C16H25NO4. The summed E-state index contributed by atoms with van der Waals surface area (Å²) in [6.07, 6.45) is 0. The smallest absolute Gasteiger partial charge is 0.307 e. The molecule has 1 atom stereocenters. The minimum Gasteiger partial charge on any atom is -0.490 e. The maximum atomic E-state index is 10.9. The molecule has 0 radical (unpaired) electrons. The van der Waals surface area contributed by atoms with Crippen LogP contribution < -0.4 is 9.47 Å². The minimum atomic E-state index is -0.768. The molecule has 118 valence electrons. The molecule has 0 saturated heterocycles. The average Bonchev–Trinajstić information content (AvgIpc) is 2.47. The predicted molar refractivity (Wildman–Crippen MR) is 82.0 cm³/mol. The van der Waals surface area contributed by atoms with Crippen LogP contribution in [0, 0.1) is 5.92 Å². The third-order valence-corrected chi connectivity index (χ3v) is 3.21. The highest BCUT2D eigenvalue weighted by molar-refractivity contribution is 5.69. The molecule has 1 aromatic carbocycles. The fourth-order valence-corrected chi connectivity index (χ4v) is 1.97. The second-order valence-corrected chi connectivity index (χ2v) is 4.86. The van der Waals surface area contributed by atoms with Gasteiger partial charge in [0.15, 0.2) is 11.5 Å². The van der Waals surface area contributed by atoms with Crippen LogP contribution in [0.5, 0.6) is 11.5 Å². The van der Waals surface area contributed by atoms with Crippen LogP contribution in [0.4, 0.5) is 0 Å². The number of ether oxygens (including phenoxy) is 2. The van der Waals surface area contributed by atoms with Crippen molar-refractivity contribution in [2.24, 2.45) is 5.92 Å². The Labute approximate surface area is 126 Å². The van der Waals surface area contributed by atoms with Gasteiger partial charge in [0.2, 0.25) is 0 Å². The van der Waals surface area contributed by atoms with Gasteiger partial charge in [-0.15, -0.1) is 0 Å². The summed E-state index contributed by atoms with van der Waals surface area (Å²) in [7, 11) is 0. The van der Waals surface area contributed by atoms with Gasteiger partial charge in [-0.3, -0.25) is 9.69 Å². The number of benzene rings is 1. The van der Waals surface area contributed by atoms with E-state index < -0.39 is 5.97 Å². The number of hydrogen-bond acceptors (Lipinski definition) is 4. The van der Waals surface area contributed by atoms with E-state index in [1.54, 1.807) is 6.92 Å². The largest absolute Gasteiger partial charge is 0.490 e. The monoisotopic (exact) mass is 295 g/mol. The third-order valence-electron chi connectivity index (χ3n) is 3.21. The molecule has 0 aliphatic rings. The van der Waals surface area contributed by atoms with Gasteiger partial charge in [0.1, 0.15) is 6.61 Å². The van der Waals surface area contributed by atoms with Gasteiger partial charge in [0.25, 0.3) is 0 Å². The Hall–Kier alpha value is -1.75. The Kier molecular flexibility index (Phi) is 7.61. The molecule has 0 heterocycles. The lowest BCUT2D eigenvalue weighted by atomic mass is 10.2. The molecule has 0 amide bonds. The number of carboxylic acid groups (broad SMARTS) is 1. The van der Waals surface area contributed by atoms with Crippen LogP contribution in [0.3, 0.4) is 0 Å². The molecule has 0 aliphatic heterocycles. The van der Waals surface area contributed by atoms with E-state index in [1.807, 2.05) is 38.1 Å². The molecule has 1 rings (SSSR count).